The minimum atomic E-state index is 0.0547. The van der Waals surface area contributed by atoms with Crippen LogP contribution in [0.3, 0.4) is 0 Å². The van der Waals surface area contributed by atoms with Crippen molar-refractivity contribution in [3.63, 3.8) is 0 Å². The topological polar surface area (TPSA) is 51.3 Å². The van der Waals surface area contributed by atoms with Gasteiger partial charge in [-0.2, -0.15) is 0 Å². The van der Waals surface area contributed by atoms with E-state index in [4.69, 9.17) is 5.73 Å². The van der Waals surface area contributed by atoms with E-state index >= 15 is 0 Å². The second kappa shape index (κ2) is 4.98. The lowest BCUT2D eigenvalue weighted by molar-refractivity contribution is 0.0785. The molecule has 4 heteroatoms. The zero-order chi connectivity index (χ0) is 11.4. The molecule has 15 heavy (non-hydrogen) atoms. The van der Waals surface area contributed by atoms with Crippen molar-refractivity contribution in [3.8, 4) is 0 Å². The molecule has 0 aliphatic carbocycles. The zero-order valence-electron chi connectivity index (χ0n) is 9.66. The molecule has 0 radical (unpaired) electrons. The molecule has 1 amide bonds. The van der Waals surface area contributed by atoms with Crippen LogP contribution in [-0.4, -0.2) is 35.5 Å². The van der Waals surface area contributed by atoms with Crippen molar-refractivity contribution in [1.82, 2.24) is 9.47 Å². The molecule has 0 bridgehead atoms. The molecule has 0 atom stereocenters. The SMILES string of the molecule is Cc1ccc(C(=O)N(C)CCCN)n1C. The first-order chi connectivity index (χ1) is 7.07. The van der Waals surface area contributed by atoms with Gasteiger partial charge in [0.1, 0.15) is 5.69 Å². The number of hydrogen-bond acceptors (Lipinski definition) is 2. The van der Waals surface area contributed by atoms with Crippen molar-refractivity contribution in [1.29, 1.82) is 0 Å². The predicted octanol–water partition coefficient (Wildman–Crippen LogP) is 0.754. The van der Waals surface area contributed by atoms with Gasteiger partial charge in [0.15, 0.2) is 0 Å². The van der Waals surface area contributed by atoms with E-state index in [1.807, 2.05) is 30.7 Å². The van der Waals surface area contributed by atoms with Gasteiger partial charge in [0, 0.05) is 26.3 Å². The average Bonchev–Trinajstić information content (AvgIpc) is 2.55. The molecule has 0 fully saturated rings. The number of nitrogens with two attached hydrogens (primary N) is 1. The van der Waals surface area contributed by atoms with Crippen LogP contribution in [0.5, 0.6) is 0 Å². The Hall–Kier alpha value is -1.29. The Kier molecular flexibility index (Phi) is 3.91. The van der Waals surface area contributed by atoms with Crippen molar-refractivity contribution in [2.24, 2.45) is 12.8 Å². The molecule has 4 nitrogen and oxygen atoms in total. The molecule has 0 saturated heterocycles. The van der Waals surface area contributed by atoms with Gasteiger partial charge < -0.3 is 15.2 Å². The van der Waals surface area contributed by atoms with Gasteiger partial charge in [-0.05, 0) is 32.0 Å². The highest BCUT2D eigenvalue weighted by Gasteiger charge is 2.14. The minimum absolute atomic E-state index is 0.0547. The molecule has 1 aromatic heterocycles. The second-order valence-corrected chi connectivity index (χ2v) is 3.79. The Morgan fingerprint density at radius 1 is 1.53 bits per heavy atom. The van der Waals surface area contributed by atoms with Crippen LogP contribution >= 0.6 is 0 Å². The van der Waals surface area contributed by atoms with Crippen LogP contribution in [0, 0.1) is 6.92 Å². The van der Waals surface area contributed by atoms with Crippen LogP contribution in [0.2, 0.25) is 0 Å². The highest BCUT2D eigenvalue weighted by atomic mass is 16.2. The molecule has 2 N–H and O–H groups in total. The van der Waals surface area contributed by atoms with Crippen LogP contribution in [0.15, 0.2) is 12.1 Å². The van der Waals surface area contributed by atoms with Gasteiger partial charge in [-0.3, -0.25) is 4.79 Å². The fraction of sp³-hybridized carbons (Fsp3) is 0.545. The zero-order valence-corrected chi connectivity index (χ0v) is 9.66. The number of amides is 1. The molecule has 1 aromatic rings. The monoisotopic (exact) mass is 209 g/mol. The highest BCUT2D eigenvalue weighted by Crippen LogP contribution is 2.08. The number of aryl methyl sites for hydroxylation is 1. The Balaban J connectivity index is 2.72. The molecular weight excluding hydrogens is 190 g/mol. The molecule has 1 heterocycles. The van der Waals surface area contributed by atoms with E-state index in [0.29, 0.717) is 13.1 Å². The van der Waals surface area contributed by atoms with E-state index in [1.165, 1.54) is 0 Å². The third-order valence-electron chi connectivity index (χ3n) is 2.64. The normalized spacial score (nSPS) is 10.4. The maximum atomic E-state index is 11.9. The third-order valence-corrected chi connectivity index (χ3v) is 2.64. The van der Waals surface area contributed by atoms with Gasteiger partial charge in [-0.15, -0.1) is 0 Å². The number of hydrogen-bond donors (Lipinski definition) is 1. The first-order valence-corrected chi connectivity index (χ1v) is 5.15. The van der Waals surface area contributed by atoms with Gasteiger partial charge in [-0.25, -0.2) is 0 Å². The van der Waals surface area contributed by atoms with Gasteiger partial charge in [-0.1, -0.05) is 0 Å². The molecule has 0 aromatic carbocycles. The third kappa shape index (κ3) is 2.59. The molecular formula is C11H19N3O. The molecule has 1 rings (SSSR count). The van der Waals surface area contributed by atoms with Crippen molar-refractivity contribution < 1.29 is 4.79 Å². The van der Waals surface area contributed by atoms with Gasteiger partial charge in [0.25, 0.3) is 5.91 Å². The Morgan fingerprint density at radius 2 is 2.20 bits per heavy atom. The summed E-state index contributed by atoms with van der Waals surface area (Å²) in [6.07, 6.45) is 0.839. The molecule has 0 spiro atoms. The number of carbonyl (C=O) groups excluding carboxylic acids is 1. The molecule has 0 aliphatic heterocycles. The van der Waals surface area contributed by atoms with Crippen molar-refractivity contribution in [2.45, 2.75) is 13.3 Å². The molecule has 0 aliphatic rings. The van der Waals surface area contributed by atoms with Crippen LogP contribution in [-0.2, 0) is 7.05 Å². The lowest BCUT2D eigenvalue weighted by Gasteiger charge is -2.17. The smallest absolute Gasteiger partial charge is 0.270 e. The fourth-order valence-electron chi connectivity index (χ4n) is 1.45. The molecule has 0 saturated carbocycles. The van der Waals surface area contributed by atoms with Gasteiger partial charge >= 0.3 is 0 Å². The maximum Gasteiger partial charge on any atom is 0.270 e. The summed E-state index contributed by atoms with van der Waals surface area (Å²) in [6.45, 7) is 3.31. The van der Waals surface area contributed by atoms with Crippen molar-refractivity contribution in [2.75, 3.05) is 20.1 Å². The second-order valence-electron chi connectivity index (χ2n) is 3.79. The van der Waals surface area contributed by atoms with E-state index in [-0.39, 0.29) is 5.91 Å². The predicted molar refractivity (Wildman–Crippen MR) is 60.8 cm³/mol. The molecule has 84 valence electrons. The summed E-state index contributed by atoms with van der Waals surface area (Å²) in [4.78, 5) is 13.7. The first kappa shape index (κ1) is 11.8. The lowest BCUT2D eigenvalue weighted by atomic mass is 10.3. The van der Waals surface area contributed by atoms with Crippen LogP contribution in [0.4, 0.5) is 0 Å². The van der Waals surface area contributed by atoms with Gasteiger partial charge in [0.2, 0.25) is 0 Å². The quantitative estimate of drug-likeness (QED) is 0.795. The average molecular weight is 209 g/mol. The summed E-state index contributed by atoms with van der Waals surface area (Å²) >= 11 is 0. The van der Waals surface area contributed by atoms with E-state index in [1.54, 1.807) is 11.9 Å². The van der Waals surface area contributed by atoms with E-state index < -0.39 is 0 Å². The van der Waals surface area contributed by atoms with Crippen molar-refractivity contribution in [3.05, 3.63) is 23.5 Å². The molecule has 0 unspecified atom stereocenters. The van der Waals surface area contributed by atoms with E-state index in [2.05, 4.69) is 0 Å². The number of carbonyl (C=O) groups is 1. The highest BCUT2D eigenvalue weighted by molar-refractivity contribution is 5.92. The van der Waals surface area contributed by atoms with Crippen LogP contribution in [0.25, 0.3) is 0 Å². The minimum Gasteiger partial charge on any atom is -0.344 e. The summed E-state index contributed by atoms with van der Waals surface area (Å²) in [6, 6.07) is 3.81. The Bertz CT molecular complexity index is 344. The Morgan fingerprint density at radius 3 is 2.67 bits per heavy atom. The summed E-state index contributed by atoms with van der Waals surface area (Å²) in [5.41, 5.74) is 7.22. The summed E-state index contributed by atoms with van der Waals surface area (Å²) in [7, 11) is 3.71. The van der Waals surface area contributed by atoms with Crippen LogP contribution < -0.4 is 5.73 Å². The maximum absolute atomic E-state index is 11.9. The summed E-state index contributed by atoms with van der Waals surface area (Å²) in [5, 5.41) is 0. The lowest BCUT2D eigenvalue weighted by Crippen LogP contribution is -2.30. The van der Waals surface area contributed by atoms with E-state index in [9.17, 15) is 4.79 Å². The number of aromatic nitrogens is 1. The summed E-state index contributed by atoms with van der Waals surface area (Å²) in [5.74, 6) is 0.0547. The standard InChI is InChI=1S/C11H19N3O/c1-9-5-6-10(14(9)3)11(15)13(2)8-4-7-12/h5-6H,4,7-8,12H2,1-3H3. The fourth-order valence-corrected chi connectivity index (χ4v) is 1.45. The van der Waals surface area contributed by atoms with E-state index in [0.717, 1.165) is 17.8 Å². The largest absolute Gasteiger partial charge is 0.344 e. The first-order valence-electron chi connectivity index (χ1n) is 5.15. The number of nitrogens with zero attached hydrogens (tertiary/aromatic N) is 2. The van der Waals surface area contributed by atoms with Crippen molar-refractivity contribution >= 4 is 5.91 Å². The van der Waals surface area contributed by atoms with Gasteiger partial charge in [0.05, 0.1) is 0 Å². The number of rotatable bonds is 4. The Labute approximate surface area is 90.7 Å². The summed E-state index contributed by atoms with van der Waals surface area (Å²) < 4.78 is 1.90. The van der Waals surface area contributed by atoms with Crippen LogP contribution in [0.1, 0.15) is 22.6 Å².